The molecule has 1 saturated carbocycles. The van der Waals surface area contributed by atoms with Gasteiger partial charge in [0.1, 0.15) is 17.4 Å². The maximum Gasteiger partial charge on any atom is 0.220 e. The number of imidazole rings is 1. The van der Waals surface area contributed by atoms with Gasteiger partial charge in [0.2, 0.25) is 5.91 Å². The Hall–Kier alpha value is -3.24. The molecular formula is C27H33N7O3. The molecule has 2 atom stereocenters. The molecule has 10 heteroatoms. The van der Waals surface area contributed by atoms with Crippen molar-refractivity contribution < 1.29 is 14.3 Å². The first kappa shape index (κ1) is 22.9. The molecule has 1 N–H and O–H groups in total. The molecule has 0 spiro atoms. The fraction of sp³-hybridized carbons (Fsp3) is 0.556. The number of piperazine rings is 1. The number of aromatic nitrogens is 4. The zero-order valence-corrected chi connectivity index (χ0v) is 21.2. The van der Waals surface area contributed by atoms with Crippen molar-refractivity contribution in [1.82, 2.24) is 30.0 Å². The van der Waals surface area contributed by atoms with E-state index >= 15 is 0 Å². The van der Waals surface area contributed by atoms with E-state index in [-0.39, 0.29) is 17.9 Å². The number of carbonyl (C=O) groups excluding carboxylic acids is 1. The summed E-state index contributed by atoms with van der Waals surface area (Å²) in [5.74, 6) is 1.96. The maximum atomic E-state index is 11.8. The summed E-state index contributed by atoms with van der Waals surface area (Å²) in [4.78, 5) is 21.3. The standard InChI is InChI=1S/C27H33N7O3/c1-17(19-12-26(35)28-13-19)37-24-11-18(10-23-27(24)34(16-29-23)20-2-3-20)22-4-5-25(31-30-22)33-8-6-32(7-9-33)21-14-36-15-21/h4-5,10-11,16-17,19-21H,2-3,6-9,12-15H2,1H3,(H,28,35)/t17-,19?/m1/s1. The molecule has 3 aliphatic heterocycles. The number of amides is 1. The largest absolute Gasteiger partial charge is 0.488 e. The molecule has 1 aromatic carbocycles. The van der Waals surface area contributed by atoms with Crippen LogP contribution in [0.3, 0.4) is 0 Å². The van der Waals surface area contributed by atoms with Gasteiger partial charge in [0, 0.05) is 56.7 Å². The molecular weight excluding hydrogens is 470 g/mol. The van der Waals surface area contributed by atoms with Crippen LogP contribution in [0.15, 0.2) is 30.6 Å². The average Bonchev–Trinajstić information content (AvgIpc) is 3.48. The van der Waals surface area contributed by atoms with Crippen LogP contribution in [0.5, 0.6) is 5.75 Å². The van der Waals surface area contributed by atoms with Crippen LogP contribution < -0.4 is 15.0 Å². The molecule has 3 aromatic rings. The van der Waals surface area contributed by atoms with E-state index in [0.717, 1.165) is 73.3 Å². The van der Waals surface area contributed by atoms with Gasteiger partial charge in [0.25, 0.3) is 0 Å². The number of rotatable bonds is 7. The van der Waals surface area contributed by atoms with Crippen LogP contribution >= 0.6 is 0 Å². The van der Waals surface area contributed by atoms with Crippen LogP contribution in [0, 0.1) is 5.92 Å². The van der Waals surface area contributed by atoms with Crippen LogP contribution in [-0.2, 0) is 9.53 Å². The van der Waals surface area contributed by atoms with Crippen LogP contribution in [0.1, 0.15) is 32.2 Å². The van der Waals surface area contributed by atoms with Crippen LogP contribution in [0.25, 0.3) is 22.3 Å². The Morgan fingerprint density at radius 3 is 2.57 bits per heavy atom. The first-order chi connectivity index (χ1) is 18.1. The van der Waals surface area contributed by atoms with Crippen molar-refractivity contribution >= 4 is 22.8 Å². The van der Waals surface area contributed by atoms with Gasteiger partial charge in [-0.25, -0.2) is 4.98 Å². The summed E-state index contributed by atoms with van der Waals surface area (Å²) in [7, 11) is 0. The van der Waals surface area contributed by atoms with Crippen LogP contribution in [-0.4, -0.2) is 88.6 Å². The Morgan fingerprint density at radius 1 is 1.08 bits per heavy atom. The van der Waals surface area contributed by atoms with Gasteiger partial charge in [-0.1, -0.05) is 0 Å². The van der Waals surface area contributed by atoms with Crippen LogP contribution in [0.4, 0.5) is 5.82 Å². The third-order valence-electron chi connectivity index (χ3n) is 8.28. The highest BCUT2D eigenvalue weighted by molar-refractivity contribution is 5.87. The Balaban J connectivity index is 1.13. The monoisotopic (exact) mass is 503 g/mol. The number of anilines is 1. The molecule has 2 aromatic heterocycles. The van der Waals surface area contributed by atoms with Crippen molar-refractivity contribution in [1.29, 1.82) is 0 Å². The fourth-order valence-corrected chi connectivity index (χ4v) is 5.65. The lowest BCUT2D eigenvalue weighted by Gasteiger charge is -2.42. The van der Waals surface area contributed by atoms with E-state index in [1.807, 2.05) is 19.3 Å². The summed E-state index contributed by atoms with van der Waals surface area (Å²) in [6, 6.07) is 9.32. The number of carbonyl (C=O) groups is 1. The van der Waals surface area contributed by atoms with Gasteiger partial charge in [0.15, 0.2) is 5.82 Å². The highest BCUT2D eigenvalue weighted by Gasteiger charge is 2.31. The zero-order chi connectivity index (χ0) is 24.9. The van der Waals surface area contributed by atoms with Crippen molar-refractivity contribution in [3.63, 3.8) is 0 Å². The molecule has 5 heterocycles. The van der Waals surface area contributed by atoms with Crippen molar-refractivity contribution in [2.24, 2.45) is 5.92 Å². The Morgan fingerprint density at radius 2 is 1.92 bits per heavy atom. The quantitative estimate of drug-likeness (QED) is 0.525. The predicted molar refractivity (Wildman–Crippen MR) is 139 cm³/mol. The van der Waals surface area contributed by atoms with Crippen molar-refractivity contribution in [2.75, 3.05) is 50.8 Å². The van der Waals surface area contributed by atoms with Gasteiger partial charge < -0.3 is 24.3 Å². The summed E-state index contributed by atoms with van der Waals surface area (Å²) in [6.07, 6.45) is 4.66. The first-order valence-corrected chi connectivity index (χ1v) is 13.5. The summed E-state index contributed by atoms with van der Waals surface area (Å²) in [6.45, 7) is 8.37. The minimum Gasteiger partial charge on any atom is -0.488 e. The molecule has 1 amide bonds. The van der Waals surface area contributed by atoms with E-state index in [9.17, 15) is 4.79 Å². The lowest BCUT2D eigenvalue weighted by Crippen LogP contribution is -2.56. The van der Waals surface area contributed by atoms with E-state index in [4.69, 9.17) is 14.5 Å². The van der Waals surface area contributed by atoms with Crippen molar-refractivity contribution in [3.8, 4) is 17.0 Å². The number of ether oxygens (including phenoxy) is 2. The minimum absolute atomic E-state index is 0.0937. The molecule has 3 saturated heterocycles. The lowest BCUT2D eigenvalue weighted by atomic mass is 10.0. The van der Waals surface area contributed by atoms with E-state index in [0.29, 0.717) is 25.0 Å². The predicted octanol–water partition coefficient (Wildman–Crippen LogP) is 2.25. The summed E-state index contributed by atoms with van der Waals surface area (Å²) in [5.41, 5.74) is 3.65. The van der Waals surface area contributed by atoms with E-state index in [2.05, 4.69) is 48.1 Å². The Bertz CT molecular complexity index is 1290. The second-order valence-corrected chi connectivity index (χ2v) is 10.8. The van der Waals surface area contributed by atoms with Crippen molar-refractivity contribution in [3.05, 3.63) is 30.6 Å². The number of hydrogen-bond donors (Lipinski definition) is 1. The fourth-order valence-electron chi connectivity index (χ4n) is 5.65. The van der Waals surface area contributed by atoms with Crippen LogP contribution in [0.2, 0.25) is 0 Å². The molecule has 0 radical (unpaired) electrons. The second-order valence-electron chi connectivity index (χ2n) is 10.8. The molecule has 37 heavy (non-hydrogen) atoms. The molecule has 0 bridgehead atoms. The maximum absolute atomic E-state index is 11.8. The van der Waals surface area contributed by atoms with E-state index in [1.165, 1.54) is 12.8 Å². The molecule has 4 fully saturated rings. The van der Waals surface area contributed by atoms with Gasteiger partial charge in [-0.05, 0) is 44.0 Å². The third kappa shape index (κ3) is 4.42. The topological polar surface area (TPSA) is 97.6 Å². The minimum atomic E-state index is -0.0985. The smallest absolute Gasteiger partial charge is 0.220 e. The normalized spacial score (nSPS) is 23.8. The summed E-state index contributed by atoms with van der Waals surface area (Å²) >= 11 is 0. The van der Waals surface area contributed by atoms with Gasteiger partial charge >= 0.3 is 0 Å². The van der Waals surface area contributed by atoms with Gasteiger partial charge in [-0.2, -0.15) is 0 Å². The number of benzene rings is 1. The zero-order valence-electron chi connectivity index (χ0n) is 21.2. The van der Waals surface area contributed by atoms with Gasteiger partial charge in [-0.3, -0.25) is 9.69 Å². The first-order valence-electron chi connectivity index (χ1n) is 13.5. The lowest BCUT2D eigenvalue weighted by molar-refractivity contribution is -0.119. The SMILES string of the molecule is C[C@@H](Oc1cc(-c2ccc(N3CCN(C4COC4)CC3)nn2)cc2ncn(C3CC3)c12)C1CNC(=O)C1. The Labute approximate surface area is 215 Å². The van der Waals surface area contributed by atoms with Crippen molar-refractivity contribution in [2.45, 2.75) is 44.4 Å². The second kappa shape index (κ2) is 9.25. The average molecular weight is 504 g/mol. The van der Waals surface area contributed by atoms with E-state index in [1.54, 1.807) is 0 Å². The number of nitrogens with one attached hydrogen (secondary N) is 1. The molecule has 4 aliphatic rings. The third-order valence-corrected chi connectivity index (χ3v) is 8.28. The number of fused-ring (bicyclic) bond motifs is 1. The van der Waals surface area contributed by atoms with E-state index < -0.39 is 0 Å². The molecule has 194 valence electrons. The Kier molecular flexibility index (Phi) is 5.73. The number of nitrogens with zero attached hydrogens (tertiary/aromatic N) is 6. The highest BCUT2D eigenvalue weighted by atomic mass is 16.5. The van der Waals surface area contributed by atoms with Gasteiger partial charge in [0.05, 0.1) is 36.8 Å². The number of hydrogen-bond acceptors (Lipinski definition) is 8. The molecule has 10 nitrogen and oxygen atoms in total. The summed E-state index contributed by atoms with van der Waals surface area (Å²) < 4.78 is 14.1. The molecule has 7 rings (SSSR count). The summed E-state index contributed by atoms with van der Waals surface area (Å²) in [5, 5.41) is 12.1. The molecule has 1 unspecified atom stereocenters. The van der Waals surface area contributed by atoms with Gasteiger partial charge in [-0.15, -0.1) is 10.2 Å². The highest BCUT2D eigenvalue weighted by Crippen LogP contribution is 2.41. The molecule has 1 aliphatic carbocycles.